The lowest BCUT2D eigenvalue weighted by molar-refractivity contribution is -0.192. The summed E-state index contributed by atoms with van der Waals surface area (Å²) in [6.07, 6.45) is -2.79. The molecule has 4 heterocycles. The zero-order valence-electron chi connectivity index (χ0n) is 19.9. The van der Waals surface area contributed by atoms with E-state index in [0.29, 0.717) is 17.4 Å². The zero-order valence-corrected chi connectivity index (χ0v) is 20.7. The van der Waals surface area contributed by atoms with Gasteiger partial charge in [-0.05, 0) is 49.5 Å². The number of imidazole rings is 1. The number of aromatic amines is 2. The van der Waals surface area contributed by atoms with Gasteiger partial charge >= 0.3 is 12.1 Å². The van der Waals surface area contributed by atoms with Crippen LogP contribution in [0.5, 0.6) is 0 Å². The molecule has 1 aliphatic heterocycles. The van der Waals surface area contributed by atoms with Gasteiger partial charge in [-0.25, -0.2) is 9.78 Å². The normalized spacial score (nSPS) is 16.6. The van der Waals surface area contributed by atoms with Crippen LogP contribution in [0.1, 0.15) is 12.8 Å². The van der Waals surface area contributed by atoms with Crippen LogP contribution in [0, 0.1) is 0 Å². The number of anilines is 2. The van der Waals surface area contributed by atoms with Crippen LogP contribution < -0.4 is 15.8 Å². The second-order valence-corrected chi connectivity index (χ2v) is 10.1. The summed E-state index contributed by atoms with van der Waals surface area (Å²) in [5, 5.41) is 12.7. The van der Waals surface area contributed by atoms with Gasteiger partial charge in [0.25, 0.3) is 5.56 Å². The van der Waals surface area contributed by atoms with E-state index in [9.17, 15) is 18.0 Å². The summed E-state index contributed by atoms with van der Waals surface area (Å²) in [6, 6.07) is 8.75. The molecule has 1 saturated carbocycles. The number of hydrogen-bond acceptors (Lipinski definition) is 7. The predicted octanol–water partition coefficient (Wildman–Crippen LogP) is 4.09. The van der Waals surface area contributed by atoms with Crippen LogP contribution in [-0.4, -0.2) is 76.4 Å². The number of carboxylic acids is 1. The number of carbonyl (C=O) groups is 1. The highest BCUT2D eigenvalue weighted by molar-refractivity contribution is 7.17. The quantitative estimate of drug-likeness (QED) is 0.312. The number of benzene rings is 1. The third-order valence-electron chi connectivity index (χ3n) is 6.36. The molecule has 0 unspecified atom stereocenters. The Morgan fingerprint density at radius 3 is 2.49 bits per heavy atom. The molecule has 1 saturated heterocycles. The average molecular weight is 535 g/mol. The van der Waals surface area contributed by atoms with E-state index in [1.54, 1.807) is 11.3 Å². The number of likely N-dealkylation sites (N-methyl/N-ethyl adjacent to an activating group) is 1. The smallest absolute Gasteiger partial charge is 0.475 e. The van der Waals surface area contributed by atoms with Gasteiger partial charge in [0.1, 0.15) is 11.4 Å². The Hall–Kier alpha value is -3.58. The monoisotopic (exact) mass is 534 g/mol. The number of rotatable bonds is 4. The van der Waals surface area contributed by atoms with Crippen molar-refractivity contribution in [3.05, 3.63) is 40.0 Å². The number of halogens is 3. The van der Waals surface area contributed by atoms with E-state index >= 15 is 0 Å². The van der Waals surface area contributed by atoms with Gasteiger partial charge in [0.05, 0.1) is 26.9 Å². The number of fused-ring (bicyclic) bond motifs is 2. The van der Waals surface area contributed by atoms with Gasteiger partial charge in [0, 0.05) is 37.9 Å². The summed E-state index contributed by atoms with van der Waals surface area (Å²) in [5.41, 5.74) is 5.33. The number of H-pyrrole nitrogens is 2. The van der Waals surface area contributed by atoms with E-state index in [4.69, 9.17) is 14.9 Å². The summed E-state index contributed by atoms with van der Waals surface area (Å²) in [5.74, 6) is -2.13. The highest BCUT2D eigenvalue weighted by Crippen LogP contribution is 2.37. The van der Waals surface area contributed by atoms with E-state index < -0.39 is 12.1 Å². The first-order chi connectivity index (χ1) is 17.6. The Balaban J connectivity index is 0.000000355. The highest BCUT2D eigenvalue weighted by atomic mass is 32.1. The largest absolute Gasteiger partial charge is 0.490 e. The molecule has 0 bridgehead atoms. The Labute approximate surface area is 212 Å². The summed E-state index contributed by atoms with van der Waals surface area (Å²) in [4.78, 5) is 37.9. The zero-order chi connectivity index (χ0) is 26.3. The lowest BCUT2D eigenvalue weighted by Crippen LogP contribution is -2.44. The molecule has 0 spiro atoms. The van der Waals surface area contributed by atoms with Gasteiger partial charge in [-0.2, -0.15) is 13.2 Å². The molecule has 2 aliphatic rings. The molecule has 0 amide bonds. The van der Waals surface area contributed by atoms with Crippen LogP contribution >= 0.6 is 11.3 Å². The number of nitrogens with zero attached hydrogens (tertiary/aromatic N) is 3. The number of alkyl halides is 3. The average Bonchev–Trinajstić information content (AvgIpc) is 3.36. The number of aliphatic carboxylic acids is 1. The number of nitrogens with one attached hydrogen (secondary N) is 3. The fraction of sp³-hybridized carbons (Fsp3) is 0.375. The lowest BCUT2D eigenvalue weighted by Gasteiger charge is -2.34. The van der Waals surface area contributed by atoms with Crippen molar-refractivity contribution >= 4 is 49.9 Å². The predicted molar refractivity (Wildman–Crippen MR) is 138 cm³/mol. The van der Waals surface area contributed by atoms with Gasteiger partial charge in [-0.15, -0.1) is 11.3 Å². The van der Waals surface area contributed by atoms with E-state index in [1.165, 1.54) is 5.69 Å². The van der Waals surface area contributed by atoms with E-state index in [2.05, 4.69) is 50.3 Å². The van der Waals surface area contributed by atoms with Gasteiger partial charge in [0.15, 0.2) is 0 Å². The summed E-state index contributed by atoms with van der Waals surface area (Å²) in [6.45, 7) is 4.18. The molecule has 9 nitrogen and oxygen atoms in total. The maximum Gasteiger partial charge on any atom is 0.490 e. The van der Waals surface area contributed by atoms with Crippen molar-refractivity contribution in [1.29, 1.82) is 0 Å². The minimum Gasteiger partial charge on any atom is -0.475 e. The number of thiophene rings is 1. The SMILES string of the molecule is CN1CCN(c2ccc3nc(-c4c(NC5CC5)c5sccc5[nH]c4=O)[nH]c3c2)CC1.O=C(O)C(F)(F)F. The molecule has 0 atom stereocenters. The molecule has 6 rings (SSSR count). The molecular formula is C24H25F3N6O3S. The Bertz CT molecular complexity index is 1500. The van der Waals surface area contributed by atoms with Crippen molar-refractivity contribution in [3.63, 3.8) is 0 Å². The van der Waals surface area contributed by atoms with E-state index in [-0.39, 0.29) is 5.56 Å². The molecule has 1 aromatic carbocycles. The van der Waals surface area contributed by atoms with Crippen molar-refractivity contribution < 1.29 is 23.1 Å². The molecule has 2 fully saturated rings. The second kappa shape index (κ2) is 9.71. The topological polar surface area (TPSA) is 117 Å². The number of aromatic nitrogens is 3. The van der Waals surface area contributed by atoms with Gasteiger partial charge in [-0.3, -0.25) is 4.79 Å². The van der Waals surface area contributed by atoms with Crippen molar-refractivity contribution in [2.75, 3.05) is 43.4 Å². The maximum absolute atomic E-state index is 13.0. The molecule has 4 N–H and O–H groups in total. The number of carboxylic acid groups (broad SMARTS) is 1. The molecule has 4 aromatic rings. The lowest BCUT2D eigenvalue weighted by atomic mass is 10.2. The molecule has 1 aliphatic carbocycles. The first-order valence-corrected chi connectivity index (χ1v) is 12.6. The number of piperazine rings is 1. The molecule has 0 radical (unpaired) electrons. The fourth-order valence-corrected chi connectivity index (χ4v) is 5.05. The summed E-state index contributed by atoms with van der Waals surface area (Å²) < 4.78 is 32.8. The molecular weight excluding hydrogens is 509 g/mol. The summed E-state index contributed by atoms with van der Waals surface area (Å²) in [7, 11) is 2.16. The second-order valence-electron chi connectivity index (χ2n) is 9.17. The van der Waals surface area contributed by atoms with Gasteiger partial charge < -0.3 is 30.2 Å². The first kappa shape index (κ1) is 25.1. The van der Waals surface area contributed by atoms with Crippen LogP contribution in [0.3, 0.4) is 0 Å². The van der Waals surface area contributed by atoms with Crippen molar-refractivity contribution in [1.82, 2.24) is 19.9 Å². The number of pyridine rings is 1. The standard InChI is InChI=1S/C22H24N6OS.C2HF3O2/c1-27-7-9-28(10-8-27)14-4-5-15-17(12-14)25-21(24-15)18-19(23-13-2-3-13)20-16(6-11-30-20)26-22(18)29;3-2(4,5)1(6)7/h4-6,11-13H,2-3,7-10H2,1H3,(H,24,25)(H2,23,26,29);(H,6,7). The molecule has 13 heteroatoms. The molecule has 196 valence electrons. The minimum atomic E-state index is -5.08. The van der Waals surface area contributed by atoms with Crippen LogP contribution in [0.2, 0.25) is 0 Å². The van der Waals surface area contributed by atoms with Crippen molar-refractivity contribution in [2.24, 2.45) is 0 Å². The van der Waals surface area contributed by atoms with Crippen molar-refractivity contribution in [3.8, 4) is 11.4 Å². The Morgan fingerprint density at radius 1 is 1.14 bits per heavy atom. The van der Waals surface area contributed by atoms with Crippen LogP contribution in [0.4, 0.5) is 24.5 Å². The summed E-state index contributed by atoms with van der Waals surface area (Å²) >= 11 is 1.64. The Morgan fingerprint density at radius 2 is 1.84 bits per heavy atom. The number of hydrogen-bond donors (Lipinski definition) is 4. The fourth-order valence-electron chi connectivity index (χ4n) is 4.19. The first-order valence-electron chi connectivity index (χ1n) is 11.7. The van der Waals surface area contributed by atoms with Crippen LogP contribution in [-0.2, 0) is 4.79 Å². The van der Waals surface area contributed by atoms with Crippen LogP contribution in [0.15, 0.2) is 34.4 Å². The van der Waals surface area contributed by atoms with Gasteiger partial charge in [0.2, 0.25) is 0 Å². The van der Waals surface area contributed by atoms with E-state index in [0.717, 1.165) is 66.0 Å². The maximum atomic E-state index is 13.0. The highest BCUT2D eigenvalue weighted by Gasteiger charge is 2.38. The van der Waals surface area contributed by atoms with Crippen molar-refractivity contribution in [2.45, 2.75) is 25.1 Å². The van der Waals surface area contributed by atoms with Crippen LogP contribution in [0.25, 0.3) is 32.6 Å². The molecule has 3 aromatic heterocycles. The minimum absolute atomic E-state index is 0.109. The third kappa shape index (κ3) is 5.42. The molecule has 37 heavy (non-hydrogen) atoms. The Kier molecular flexibility index (Phi) is 6.58. The van der Waals surface area contributed by atoms with Gasteiger partial charge in [-0.1, -0.05) is 0 Å². The van der Waals surface area contributed by atoms with E-state index in [1.807, 2.05) is 11.4 Å². The third-order valence-corrected chi connectivity index (χ3v) is 7.29.